The number of thioether (sulfide) groups is 1. The summed E-state index contributed by atoms with van der Waals surface area (Å²) in [6.45, 7) is 0.257. The summed E-state index contributed by atoms with van der Waals surface area (Å²) in [6.07, 6.45) is 0. The van der Waals surface area contributed by atoms with Gasteiger partial charge in [-0.15, -0.1) is 10.2 Å². The number of halogens is 1. The SMILES string of the molecule is Brc1ccc(CSc2nnc3ccc(-c4ccc5c(c4)OCO5)nn23)cc1. The zero-order valence-corrected chi connectivity index (χ0v) is 16.4. The fourth-order valence-corrected chi connectivity index (χ4v) is 3.91. The lowest BCUT2D eigenvalue weighted by molar-refractivity contribution is 0.174. The predicted molar refractivity (Wildman–Crippen MR) is 106 cm³/mol. The van der Waals surface area contributed by atoms with Crippen LogP contribution in [0.5, 0.6) is 11.5 Å². The van der Waals surface area contributed by atoms with Gasteiger partial charge in [-0.2, -0.15) is 9.61 Å². The smallest absolute Gasteiger partial charge is 0.231 e. The number of aromatic nitrogens is 4. The first kappa shape index (κ1) is 16.6. The molecule has 1 aliphatic heterocycles. The minimum Gasteiger partial charge on any atom is -0.454 e. The van der Waals surface area contributed by atoms with Crippen LogP contribution in [0, 0.1) is 0 Å². The van der Waals surface area contributed by atoms with Gasteiger partial charge in [0.25, 0.3) is 0 Å². The molecule has 0 atom stereocenters. The second kappa shape index (κ2) is 6.86. The maximum Gasteiger partial charge on any atom is 0.231 e. The van der Waals surface area contributed by atoms with Crippen LogP contribution in [0.4, 0.5) is 0 Å². The number of nitrogens with zero attached hydrogens (tertiary/aromatic N) is 4. The van der Waals surface area contributed by atoms with E-state index in [9.17, 15) is 0 Å². The Bertz CT molecular complexity index is 1130. The highest BCUT2D eigenvalue weighted by atomic mass is 79.9. The van der Waals surface area contributed by atoms with Crippen LogP contribution in [0.25, 0.3) is 16.9 Å². The molecule has 0 spiro atoms. The van der Waals surface area contributed by atoms with Crippen LogP contribution in [0.2, 0.25) is 0 Å². The first-order valence-corrected chi connectivity index (χ1v) is 10.0. The van der Waals surface area contributed by atoms with E-state index in [2.05, 4.69) is 38.3 Å². The largest absolute Gasteiger partial charge is 0.454 e. The van der Waals surface area contributed by atoms with Crippen LogP contribution in [0.15, 0.2) is 64.2 Å². The van der Waals surface area contributed by atoms with E-state index in [0.717, 1.165) is 43.8 Å². The number of rotatable bonds is 4. The van der Waals surface area contributed by atoms with E-state index in [1.807, 2.05) is 42.5 Å². The van der Waals surface area contributed by atoms with Gasteiger partial charge in [0, 0.05) is 15.8 Å². The molecule has 0 unspecified atom stereocenters. The maximum absolute atomic E-state index is 5.46. The Kier molecular flexibility index (Phi) is 4.21. The first-order valence-electron chi connectivity index (χ1n) is 8.26. The van der Waals surface area contributed by atoms with Gasteiger partial charge in [-0.3, -0.25) is 0 Å². The molecule has 0 amide bonds. The van der Waals surface area contributed by atoms with Gasteiger partial charge in [-0.1, -0.05) is 39.8 Å². The van der Waals surface area contributed by atoms with Gasteiger partial charge in [-0.05, 0) is 48.0 Å². The minimum atomic E-state index is 0.257. The highest BCUT2D eigenvalue weighted by Crippen LogP contribution is 2.35. The van der Waals surface area contributed by atoms with Crippen LogP contribution in [-0.4, -0.2) is 26.6 Å². The van der Waals surface area contributed by atoms with Gasteiger partial charge in [0.15, 0.2) is 17.1 Å². The molecule has 0 radical (unpaired) electrons. The van der Waals surface area contributed by atoms with E-state index in [-0.39, 0.29) is 6.79 Å². The van der Waals surface area contributed by atoms with E-state index in [4.69, 9.17) is 14.6 Å². The van der Waals surface area contributed by atoms with Crippen molar-refractivity contribution in [1.82, 2.24) is 19.8 Å². The van der Waals surface area contributed by atoms with Crippen molar-refractivity contribution in [2.24, 2.45) is 0 Å². The Morgan fingerprint density at radius 2 is 1.81 bits per heavy atom. The topological polar surface area (TPSA) is 61.5 Å². The van der Waals surface area contributed by atoms with Crippen LogP contribution in [0.1, 0.15) is 5.56 Å². The molecule has 6 nitrogen and oxygen atoms in total. The highest BCUT2D eigenvalue weighted by Gasteiger charge is 2.15. The standard InChI is InChI=1S/C19H13BrN4O2S/c20-14-4-1-12(2-5-14)10-27-19-22-21-18-8-6-15(23-24(18)19)13-3-7-16-17(9-13)26-11-25-16/h1-9H,10-11H2. The van der Waals surface area contributed by atoms with Crippen LogP contribution in [-0.2, 0) is 5.75 Å². The lowest BCUT2D eigenvalue weighted by Crippen LogP contribution is -1.96. The number of hydrogen-bond acceptors (Lipinski definition) is 6. The molecule has 5 rings (SSSR count). The quantitative estimate of drug-likeness (QED) is 0.433. The van der Waals surface area contributed by atoms with E-state index >= 15 is 0 Å². The summed E-state index contributed by atoms with van der Waals surface area (Å²) in [5.74, 6) is 2.29. The average Bonchev–Trinajstić information content (AvgIpc) is 3.33. The van der Waals surface area contributed by atoms with Crippen molar-refractivity contribution in [2.45, 2.75) is 10.9 Å². The molecule has 0 saturated carbocycles. The first-order chi connectivity index (χ1) is 13.3. The summed E-state index contributed by atoms with van der Waals surface area (Å²) in [5, 5.41) is 14.0. The normalized spacial score (nSPS) is 12.6. The summed E-state index contributed by atoms with van der Waals surface area (Å²) >= 11 is 5.06. The van der Waals surface area contributed by atoms with Crippen molar-refractivity contribution >= 4 is 33.3 Å². The molecule has 0 saturated heterocycles. The zero-order valence-electron chi connectivity index (χ0n) is 14.0. The third kappa shape index (κ3) is 3.26. The third-order valence-electron chi connectivity index (χ3n) is 4.18. The molecule has 3 heterocycles. The van der Waals surface area contributed by atoms with Crippen molar-refractivity contribution in [1.29, 1.82) is 0 Å². The van der Waals surface area contributed by atoms with Gasteiger partial charge in [0.05, 0.1) is 5.69 Å². The molecular formula is C19H13BrN4O2S. The van der Waals surface area contributed by atoms with Crippen LogP contribution < -0.4 is 9.47 Å². The van der Waals surface area contributed by atoms with Gasteiger partial charge < -0.3 is 9.47 Å². The Labute approximate surface area is 167 Å². The van der Waals surface area contributed by atoms with Gasteiger partial charge in [0.1, 0.15) is 0 Å². The monoisotopic (exact) mass is 440 g/mol. The number of benzene rings is 2. The Morgan fingerprint density at radius 3 is 2.70 bits per heavy atom. The molecule has 0 fully saturated rings. The summed E-state index contributed by atoms with van der Waals surface area (Å²) in [6, 6.07) is 17.9. The summed E-state index contributed by atoms with van der Waals surface area (Å²) in [4.78, 5) is 0. The second-order valence-corrected chi connectivity index (χ2v) is 7.81. The van der Waals surface area contributed by atoms with Gasteiger partial charge in [-0.25, -0.2) is 0 Å². The van der Waals surface area contributed by atoms with Crippen LogP contribution >= 0.6 is 27.7 Å². The molecule has 27 heavy (non-hydrogen) atoms. The molecule has 0 N–H and O–H groups in total. The van der Waals surface area contributed by atoms with Crippen molar-refractivity contribution in [3.05, 3.63) is 64.6 Å². The third-order valence-corrected chi connectivity index (χ3v) is 5.70. The molecule has 1 aliphatic rings. The molecule has 2 aromatic heterocycles. The Morgan fingerprint density at radius 1 is 0.963 bits per heavy atom. The van der Waals surface area contributed by atoms with Crippen molar-refractivity contribution in [3.63, 3.8) is 0 Å². The van der Waals surface area contributed by atoms with Gasteiger partial charge >= 0.3 is 0 Å². The Hall–Kier alpha value is -2.58. The molecule has 134 valence electrons. The predicted octanol–water partition coefficient (Wildman–Crippen LogP) is 4.57. The second-order valence-electron chi connectivity index (χ2n) is 5.95. The average molecular weight is 441 g/mol. The van der Waals surface area contributed by atoms with E-state index in [1.165, 1.54) is 5.56 Å². The van der Waals surface area contributed by atoms with Crippen LogP contribution in [0.3, 0.4) is 0 Å². The minimum absolute atomic E-state index is 0.257. The van der Waals surface area contributed by atoms with Crippen molar-refractivity contribution in [3.8, 4) is 22.8 Å². The van der Waals surface area contributed by atoms with E-state index in [0.29, 0.717) is 0 Å². The maximum atomic E-state index is 5.46. The van der Waals surface area contributed by atoms with E-state index < -0.39 is 0 Å². The number of ether oxygens (including phenoxy) is 2. The lowest BCUT2D eigenvalue weighted by atomic mass is 10.1. The molecule has 8 heteroatoms. The summed E-state index contributed by atoms with van der Waals surface area (Å²) in [7, 11) is 0. The van der Waals surface area contributed by atoms with Crippen molar-refractivity contribution < 1.29 is 9.47 Å². The van der Waals surface area contributed by atoms with E-state index in [1.54, 1.807) is 16.3 Å². The highest BCUT2D eigenvalue weighted by molar-refractivity contribution is 9.10. The lowest BCUT2D eigenvalue weighted by Gasteiger charge is -2.05. The molecule has 4 aromatic rings. The number of hydrogen-bond donors (Lipinski definition) is 0. The summed E-state index contributed by atoms with van der Waals surface area (Å²) < 4.78 is 13.7. The van der Waals surface area contributed by atoms with Crippen molar-refractivity contribution in [2.75, 3.05) is 6.79 Å². The van der Waals surface area contributed by atoms with Gasteiger partial charge in [0.2, 0.25) is 11.9 Å². The molecule has 0 aliphatic carbocycles. The Balaban J connectivity index is 1.44. The summed E-state index contributed by atoms with van der Waals surface area (Å²) in [5.41, 5.74) is 3.72. The fraction of sp³-hybridized carbons (Fsp3) is 0.105. The molecule has 2 aromatic carbocycles. The number of fused-ring (bicyclic) bond motifs is 2. The molecular weight excluding hydrogens is 428 g/mol. The molecule has 0 bridgehead atoms. The zero-order chi connectivity index (χ0) is 18.2. The fourth-order valence-electron chi connectivity index (χ4n) is 2.80.